The normalized spacial score (nSPS) is 34.8. The highest BCUT2D eigenvalue weighted by molar-refractivity contribution is 5.69. The average Bonchev–Trinajstić information content (AvgIpc) is 3.22. The van der Waals surface area contributed by atoms with Gasteiger partial charge in [0, 0.05) is 17.5 Å². The lowest BCUT2D eigenvalue weighted by atomic mass is 9.51. The Labute approximate surface area is 151 Å². The van der Waals surface area contributed by atoms with Gasteiger partial charge in [-0.25, -0.2) is 9.78 Å². The van der Waals surface area contributed by atoms with Gasteiger partial charge in [0.05, 0.1) is 30.4 Å². The highest BCUT2D eigenvalue weighted by atomic mass is 16.4. The molecule has 0 radical (unpaired) electrons. The molecule has 6 nitrogen and oxygen atoms in total. The first-order valence-corrected chi connectivity index (χ1v) is 9.38. The van der Waals surface area contributed by atoms with E-state index in [9.17, 15) is 9.90 Å². The van der Waals surface area contributed by atoms with Crippen molar-refractivity contribution in [1.29, 1.82) is 0 Å². The van der Waals surface area contributed by atoms with Crippen LogP contribution in [0.25, 0.3) is 11.3 Å². The molecule has 1 amide bonds. The molecule has 136 valence electrons. The van der Waals surface area contributed by atoms with E-state index in [0.29, 0.717) is 0 Å². The summed E-state index contributed by atoms with van der Waals surface area (Å²) in [5.74, 6) is 0.190. The fraction of sp³-hybridized carbons (Fsp3) is 0.500. The number of nitrogens with one attached hydrogen (secondary N) is 1. The Morgan fingerprint density at radius 2 is 2.04 bits per heavy atom. The largest absolute Gasteiger partial charge is 0.465 e. The quantitative estimate of drug-likeness (QED) is 0.774. The van der Waals surface area contributed by atoms with Gasteiger partial charge in [-0.2, -0.15) is 0 Å². The van der Waals surface area contributed by atoms with Crippen molar-refractivity contribution in [2.24, 2.45) is 11.3 Å². The molecule has 3 aliphatic rings. The summed E-state index contributed by atoms with van der Waals surface area (Å²) >= 11 is 0. The second kappa shape index (κ2) is 5.58. The Balaban J connectivity index is 1.36. The summed E-state index contributed by atoms with van der Waals surface area (Å²) in [6.07, 6.45) is 6.88. The Bertz CT molecular complexity index is 853. The van der Waals surface area contributed by atoms with Crippen LogP contribution in [0, 0.1) is 11.3 Å². The van der Waals surface area contributed by atoms with Crippen molar-refractivity contribution in [2.75, 3.05) is 0 Å². The van der Waals surface area contributed by atoms with Crippen molar-refractivity contribution < 1.29 is 15.0 Å². The maximum absolute atomic E-state index is 11.1. The molecule has 2 aliphatic carbocycles. The first-order chi connectivity index (χ1) is 12.6. The Morgan fingerprint density at radius 1 is 1.27 bits per heavy atom. The van der Waals surface area contributed by atoms with E-state index >= 15 is 0 Å². The number of hydrogen-bond donors (Lipinski definition) is 3. The summed E-state index contributed by atoms with van der Waals surface area (Å²) in [5.41, 5.74) is 3.59. The molecule has 3 N–H and O–H groups in total. The van der Waals surface area contributed by atoms with Gasteiger partial charge in [-0.05, 0) is 43.1 Å². The Kier molecular flexibility index (Phi) is 3.41. The summed E-state index contributed by atoms with van der Waals surface area (Å²) < 4.78 is 2.21. The lowest BCUT2D eigenvalue weighted by Crippen LogP contribution is -2.57. The monoisotopic (exact) mass is 353 g/mol. The number of benzene rings is 1. The van der Waals surface area contributed by atoms with Crippen LogP contribution < -0.4 is 5.32 Å². The molecule has 2 fully saturated rings. The van der Waals surface area contributed by atoms with Gasteiger partial charge in [0.1, 0.15) is 0 Å². The number of aromatic nitrogens is 2. The van der Waals surface area contributed by atoms with Gasteiger partial charge in [-0.15, -0.1) is 0 Å². The second-order valence-electron chi connectivity index (χ2n) is 8.12. The molecule has 1 spiro atoms. The molecule has 2 saturated carbocycles. The number of amides is 1. The van der Waals surface area contributed by atoms with Crippen LogP contribution in [0.15, 0.2) is 36.8 Å². The molecule has 2 heterocycles. The summed E-state index contributed by atoms with van der Waals surface area (Å²) in [4.78, 5) is 15.2. The predicted octanol–water partition coefficient (Wildman–Crippen LogP) is 3.03. The molecule has 1 aliphatic heterocycles. The number of carbonyl (C=O) groups is 1. The number of carboxylic acid groups (broad SMARTS) is 1. The molecule has 5 rings (SSSR count). The van der Waals surface area contributed by atoms with Gasteiger partial charge in [-0.1, -0.05) is 24.3 Å². The zero-order chi connectivity index (χ0) is 17.9. The third-order valence-corrected chi connectivity index (χ3v) is 6.91. The van der Waals surface area contributed by atoms with Gasteiger partial charge in [-0.3, -0.25) is 0 Å². The number of nitrogens with zero attached hydrogens (tertiary/aromatic N) is 2. The number of hydrogen-bond acceptors (Lipinski definition) is 3. The third-order valence-electron chi connectivity index (χ3n) is 6.91. The van der Waals surface area contributed by atoms with Crippen LogP contribution >= 0.6 is 0 Å². The number of aliphatic hydroxyl groups excluding tert-OH is 1. The van der Waals surface area contributed by atoms with E-state index in [-0.39, 0.29) is 29.5 Å². The molecule has 1 aromatic heterocycles. The molecule has 3 atom stereocenters. The standard InChI is InChI=1S/C20H23N3O3/c24-18-15(9-20(18)7-5-12(6-8-20)22-19(25)26)17-14-4-2-1-3-13(14)16-10-21-11-23(16)17/h1-4,10-12,15,17-18,22,24H,5-9H2,(H,25,26). The minimum Gasteiger partial charge on any atom is -0.465 e. The number of imidazole rings is 1. The summed E-state index contributed by atoms with van der Waals surface area (Å²) in [7, 11) is 0. The summed E-state index contributed by atoms with van der Waals surface area (Å²) in [5, 5.41) is 22.6. The SMILES string of the molecule is O=C(O)NC1CCC2(CC1)CC(C1c3ccccc3-c3cncn31)C2O. The van der Waals surface area contributed by atoms with Crippen molar-refractivity contribution in [3.05, 3.63) is 42.4 Å². The van der Waals surface area contributed by atoms with E-state index in [1.807, 2.05) is 18.6 Å². The zero-order valence-electron chi connectivity index (χ0n) is 14.5. The fourth-order valence-corrected chi connectivity index (χ4v) is 5.60. The maximum atomic E-state index is 11.1. The van der Waals surface area contributed by atoms with Crippen molar-refractivity contribution in [3.63, 3.8) is 0 Å². The van der Waals surface area contributed by atoms with Gasteiger partial charge >= 0.3 is 6.09 Å². The van der Waals surface area contributed by atoms with Gasteiger partial charge in [0.15, 0.2) is 0 Å². The lowest BCUT2D eigenvalue weighted by Gasteiger charge is -2.57. The molecule has 2 aromatic rings. The number of aliphatic hydroxyl groups is 1. The van der Waals surface area contributed by atoms with E-state index in [1.165, 1.54) is 11.1 Å². The van der Waals surface area contributed by atoms with Crippen LogP contribution in [0.2, 0.25) is 0 Å². The predicted molar refractivity (Wildman–Crippen MR) is 95.8 cm³/mol. The molecule has 1 aromatic carbocycles. The maximum Gasteiger partial charge on any atom is 0.404 e. The van der Waals surface area contributed by atoms with Crippen LogP contribution in [0.3, 0.4) is 0 Å². The van der Waals surface area contributed by atoms with Crippen molar-refractivity contribution in [2.45, 2.75) is 50.3 Å². The third kappa shape index (κ3) is 2.14. The first-order valence-electron chi connectivity index (χ1n) is 9.38. The van der Waals surface area contributed by atoms with Crippen LogP contribution in [0.1, 0.15) is 43.7 Å². The van der Waals surface area contributed by atoms with Gasteiger partial charge in [0.25, 0.3) is 0 Å². The summed E-state index contributed by atoms with van der Waals surface area (Å²) in [6, 6.07) is 8.59. The van der Waals surface area contributed by atoms with Crippen molar-refractivity contribution in [1.82, 2.24) is 14.9 Å². The number of rotatable bonds is 2. The minimum absolute atomic E-state index is 0.0248. The van der Waals surface area contributed by atoms with Crippen LogP contribution in [-0.2, 0) is 0 Å². The molecular formula is C20H23N3O3. The topological polar surface area (TPSA) is 87.4 Å². The van der Waals surface area contributed by atoms with Crippen LogP contribution in [-0.4, -0.2) is 38.0 Å². The summed E-state index contributed by atoms with van der Waals surface area (Å²) in [6.45, 7) is 0. The van der Waals surface area contributed by atoms with E-state index in [4.69, 9.17) is 5.11 Å². The van der Waals surface area contributed by atoms with Crippen molar-refractivity contribution >= 4 is 6.09 Å². The fourth-order valence-electron chi connectivity index (χ4n) is 5.60. The lowest BCUT2D eigenvalue weighted by molar-refractivity contribution is -0.152. The van der Waals surface area contributed by atoms with E-state index in [1.54, 1.807) is 0 Å². The second-order valence-corrected chi connectivity index (χ2v) is 8.12. The van der Waals surface area contributed by atoms with Gasteiger partial charge in [0.2, 0.25) is 0 Å². The van der Waals surface area contributed by atoms with Crippen LogP contribution in [0.4, 0.5) is 4.79 Å². The molecule has 0 saturated heterocycles. The Morgan fingerprint density at radius 3 is 2.77 bits per heavy atom. The Hall–Kier alpha value is -2.34. The highest BCUT2D eigenvalue weighted by Gasteiger charge is 2.57. The van der Waals surface area contributed by atoms with E-state index in [0.717, 1.165) is 37.8 Å². The van der Waals surface area contributed by atoms with E-state index < -0.39 is 6.09 Å². The smallest absolute Gasteiger partial charge is 0.404 e. The van der Waals surface area contributed by atoms with Crippen LogP contribution in [0.5, 0.6) is 0 Å². The highest BCUT2D eigenvalue weighted by Crippen LogP contribution is 2.60. The number of fused-ring (bicyclic) bond motifs is 3. The van der Waals surface area contributed by atoms with E-state index in [2.05, 4.69) is 33.1 Å². The molecule has 3 unspecified atom stereocenters. The van der Waals surface area contributed by atoms with Gasteiger partial charge < -0.3 is 20.1 Å². The average molecular weight is 353 g/mol. The molecule has 0 bridgehead atoms. The zero-order valence-corrected chi connectivity index (χ0v) is 14.5. The molecule has 6 heteroatoms. The molecule has 26 heavy (non-hydrogen) atoms. The first kappa shape index (κ1) is 15.9. The minimum atomic E-state index is -0.951. The molecular weight excluding hydrogens is 330 g/mol. The van der Waals surface area contributed by atoms with Crippen molar-refractivity contribution in [3.8, 4) is 11.3 Å².